The molecule has 0 spiro atoms. The van der Waals surface area contributed by atoms with E-state index in [1.807, 2.05) is 13.8 Å². The third kappa shape index (κ3) is 32.2. The molecule has 4 heterocycles. The van der Waals surface area contributed by atoms with Gasteiger partial charge in [-0.05, 0) is 65.2 Å². The molecule has 0 saturated carbocycles. The van der Waals surface area contributed by atoms with Gasteiger partial charge >= 0.3 is 0 Å². The Balaban J connectivity index is 0. The van der Waals surface area contributed by atoms with Crippen LogP contribution in [0.2, 0.25) is 0 Å². The molecule has 30 nitrogen and oxygen atoms in total. The van der Waals surface area contributed by atoms with Crippen molar-refractivity contribution in [1.29, 1.82) is 0 Å². The normalized spacial score (nSPS) is 9.66. The number of unbranched alkanes of at least 4 members (excludes halogenated alkanes) is 4. The number of aliphatic hydroxyl groups excluding tert-OH is 6. The topological polar surface area (TPSA) is 504 Å². The predicted molar refractivity (Wildman–Crippen MR) is 250 cm³/mol. The fourth-order valence-corrected chi connectivity index (χ4v) is 4.14. The molecule has 4 aromatic rings. The Hall–Kier alpha value is -6.60. The lowest BCUT2D eigenvalue weighted by Crippen LogP contribution is -2.15. The highest BCUT2D eigenvalue weighted by atomic mass is 16.3. The molecule has 0 aliphatic rings. The molecular formula is C34H72N24O6. The molecular weight excluding hydrogens is 841 g/mol. The minimum Gasteiger partial charge on any atom is -0.400 e. The lowest BCUT2D eigenvalue weighted by Gasteiger charge is -2.11. The van der Waals surface area contributed by atoms with Crippen LogP contribution in [-0.4, -0.2) is 170 Å². The van der Waals surface area contributed by atoms with Crippen LogP contribution in [0.1, 0.15) is 65.2 Å². The van der Waals surface area contributed by atoms with Crippen molar-refractivity contribution >= 4 is 71.4 Å². The number of anilines is 12. The maximum absolute atomic E-state index is 8.88. The van der Waals surface area contributed by atoms with Crippen LogP contribution in [0, 0.1) is 0 Å². The molecule has 64 heavy (non-hydrogen) atoms. The zero-order valence-electron chi connectivity index (χ0n) is 37.2. The lowest BCUT2D eigenvalue weighted by molar-refractivity contribution is 0.242. The molecule has 0 aliphatic heterocycles. The summed E-state index contributed by atoms with van der Waals surface area (Å²) in [6.07, 6.45) is 6.39. The van der Waals surface area contributed by atoms with Gasteiger partial charge < -0.3 is 96.9 Å². The first kappa shape index (κ1) is 59.5. The number of nitrogen functional groups attached to an aromatic ring is 6. The van der Waals surface area contributed by atoms with Gasteiger partial charge in [0.25, 0.3) is 0 Å². The summed E-state index contributed by atoms with van der Waals surface area (Å²) in [4.78, 5) is 47.3. The summed E-state index contributed by atoms with van der Waals surface area (Å²) < 4.78 is 0. The second kappa shape index (κ2) is 40.5. The van der Waals surface area contributed by atoms with Crippen molar-refractivity contribution in [2.75, 3.05) is 146 Å². The summed E-state index contributed by atoms with van der Waals surface area (Å²) in [6.45, 7) is 8.91. The highest BCUT2D eigenvalue weighted by Gasteiger charge is 2.07. The van der Waals surface area contributed by atoms with Crippen LogP contribution in [0.3, 0.4) is 0 Å². The van der Waals surface area contributed by atoms with Gasteiger partial charge in [0.1, 0.15) is 0 Å². The first-order chi connectivity index (χ1) is 31.0. The fraction of sp³-hybridized carbons (Fsp3) is 0.647. The summed E-state index contributed by atoms with van der Waals surface area (Å²) in [6, 6.07) is 0. The monoisotopic (exact) mass is 913 g/mol. The van der Waals surface area contributed by atoms with Crippen LogP contribution in [0.4, 0.5) is 71.4 Å². The number of nitrogens with one attached hydrogen (secondary N) is 6. The van der Waals surface area contributed by atoms with Gasteiger partial charge in [-0.1, -0.05) is 0 Å². The van der Waals surface area contributed by atoms with E-state index in [4.69, 9.17) is 65.0 Å². The molecule has 0 saturated heterocycles. The van der Waals surface area contributed by atoms with E-state index in [9.17, 15) is 0 Å². The van der Waals surface area contributed by atoms with Gasteiger partial charge in [-0.3, -0.25) is 0 Å². The molecule has 30 heteroatoms. The van der Waals surface area contributed by atoms with Crippen LogP contribution >= 0.6 is 0 Å². The molecule has 0 fully saturated rings. The molecule has 4 rings (SSSR count). The minimum absolute atomic E-state index is 0.0417. The molecule has 0 bridgehead atoms. The molecule has 0 unspecified atom stereocenters. The van der Waals surface area contributed by atoms with Crippen molar-refractivity contribution in [3.8, 4) is 0 Å². The lowest BCUT2D eigenvalue weighted by atomic mass is 10.3. The van der Waals surface area contributed by atoms with Crippen LogP contribution in [0.25, 0.3) is 0 Å². The number of rotatable bonds is 24. The fourth-order valence-electron chi connectivity index (χ4n) is 4.14. The maximum atomic E-state index is 8.88. The number of hydrogen-bond acceptors (Lipinski definition) is 30. The van der Waals surface area contributed by atoms with Crippen molar-refractivity contribution in [2.45, 2.75) is 65.2 Å². The van der Waals surface area contributed by atoms with E-state index in [1.165, 1.54) is 0 Å². The highest BCUT2D eigenvalue weighted by molar-refractivity contribution is 5.42. The van der Waals surface area contributed by atoms with E-state index >= 15 is 0 Å². The van der Waals surface area contributed by atoms with Gasteiger partial charge in [-0.15, -0.1) is 0 Å². The van der Waals surface area contributed by atoms with Crippen molar-refractivity contribution < 1.29 is 30.6 Å². The summed E-state index contributed by atoms with van der Waals surface area (Å²) in [5.74, 6) is 3.35. The van der Waals surface area contributed by atoms with E-state index in [0.717, 1.165) is 72.1 Å². The Morgan fingerprint density at radius 3 is 0.766 bits per heavy atom. The minimum atomic E-state index is 0.0417. The third-order valence-corrected chi connectivity index (χ3v) is 6.79. The quantitative estimate of drug-likeness (QED) is 0.0332. The Morgan fingerprint density at radius 2 is 0.484 bits per heavy atom. The Bertz CT molecular complexity index is 1650. The first-order valence-corrected chi connectivity index (χ1v) is 20.3. The molecule has 0 atom stereocenters. The number of nitrogens with two attached hydrogens (primary N) is 6. The van der Waals surface area contributed by atoms with Crippen LogP contribution in [0.15, 0.2) is 0 Å². The molecule has 364 valence electrons. The average Bonchev–Trinajstić information content (AvgIpc) is 3.26. The van der Waals surface area contributed by atoms with Gasteiger partial charge in [0.05, 0.1) is 0 Å². The predicted octanol–water partition coefficient (Wildman–Crippen LogP) is -2.20. The zero-order chi connectivity index (χ0) is 48.4. The molecule has 4 aromatic heterocycles. The van der Waals surface area contributed by atoms with Crippen LogP contribution in [0.5, 0.6) is 0 Å². The van der Waals surface area contributed by atoms with Gasteiger partial charge in [0.2, 0.25) is 71.4 Å². The van der Waals surface area contributed by atoms with Gasteiger partial charge in [0.15, 0.2) is 0 Å². The molecule has 0 aromatic carbocycles. The summed E-state index contributed by atoms with van der Waals surface area (Å²) in [5, 5.41) is 66.2. The SMILES string of the molecule is CCNc1nc(N)nc(NCCCCNc2nc(NCC)nc(NCCCCO)n2)n1.CO.CO.Nc1nc(N)nc(N)n1.Nc1nc(N)nc(NCCCCO)n1.OCCCCO. The summed E-state index contributed by atoms with van der Waals surface area (Å²) in [7, 11) is 2.00. The van der Waals surface area contributed by atoms with E-state index in [0.29, 0.717) is 68.4 Å². The molecule has 24 N–H and O–H groups in total. The first-order valence-electron chi connectivity index (χ1n) is 20.3. The third-order valence-electron chi connectivity index (χ3n) is 6.79. The van der Waals surface area contributed by atoms with E-state index in [1.54, 1.807) is 0 Å². The van der Waals surface area contributed by atoms with Crippen molar-refractivity contribution in [3.05, 3.63) is 0 Å². The van der Waals surface area contributed by atoms with Crippen molar-refractivity contribution in [1.82, 2.24) is 59.8 Å². The zero-order valence-corrected chi connectivity index (χ0v) is 37.2. The summed E-state index contributed by atoms with van der Waals surface area (Å²) in [5.41, 5.74) is 31.9. The number of nitrogens with zero attached hydrogens (tertiary/aromatic N) is 12. The van der Waals surface area contributed by atoms with Crippen molar-refractivity contribution in [2.24, 2.45) is 0 Å². The average molecular weight is 913 g/mol. The van der Waals surface area contributed by atoms with E-state index in [2.05, 4.69) is 91.7 Å². The van der Waals surface area contributed by atoms with Gasteiger partial charge in [-0.2, -0.15) is 59.8 Å². The second-order valence-electron chi connectivity index (χ2n) is 11.9. The number of aromatic nitrogens is 12. The molecule has 0 amide bonds. The number of hydrogen-bond donors (Lipinski definition) is 18. The van der Waals surface area contributed by atoms with Gasteiger partial charge in [0, 0.05) is 79.9 Å². The largest absolute Gasteiger partial charge is 0.400 e. The second-order valence-corrected chi connectivity index (χ2v) is 11.9. The Kier molecular flexibility index (Phi) is 37.6. The van der Waals surface area contributed by atoms with Crippen LogP contribution < -0.4 is 66.3 Å². The van der Waals surface area contributed by atoms with Crippen LogP contribution in [-0.2, 0) is 0 Å². The summed E-state index contributed by atoms with van der Waals surface area (Å²) >= 11 is 0. The number of aliphatic hydroxyl groups is 6. The Morgan fingerprint density at radius 1 is 0.297 bits per heavy atom. The van der Waals surface area contributed by atoms with Gasteiger partial charge in [-0.25, -0.2) is 0 Å². The standard InChI is InChI=1S/C18H34N12O.C7H14N6O.C4H10O2.C3H6N6.2CH4O/c1-3-20-14-25-13(19)26-16(27-14)22-9-5-6-10-23-17-28-15(21-4-2)29-18(30-17)24-11-7-8-12-31;8-5-11-6(9)13-7(12-5)10-3-1-2-4-14;5-3-1-2-4-6;4-1-7-2(5)9-3(6)8-1;2*1-2/h31H,3-12H2,1-2H3,(H4,19,20,22,25,26,27)(H3,21,23,24,28,29,30);14H,1-4H2,(H5,8,9,10,11,12,13);5-6H,1-4H2;(H6,4,5,6,7,8,9);2*2H,1H3. The molecule has 0 aliphatic carbocycles. The van der Waals surface area contributed by atoms with E-state index < -0.39 is 0 Å². The van der Waals surface area contributed by atoms with E-state index in [-0.39, 0.29) is 62.1 Å². The molecule has 0 radical (unpaired) electrons. The Labute approximate surface area is 372 Å². The highest BCUT2D eigenvalue weighted by Crippen LogP contribution is 2.11. The van der Waals surface area contributed by atoms with Crippen molar-refractivity contribution in [3.63, 3.8) is 0 Å². The maximum Gasteiger partial charge on any atom is 0.229 e. The smallest absolute Gasteiger partial charge is 0.229 e.